The van der Waals surface area contributed by atoms with Gasteiger partial charge in [0.15, 0.2) is 0 Å². The van der Waals surface area contributed by atoms with E-state index < -0.39 is 0 Å². The fourth-order valence-electron chi connectivity index (χ4n) is 4.04. The van der Waals surface area contributed by atoms with E-state index in [1.54, 1.807) is 7.11 Å². The Balaban J connectivity index is 1.89. The van der Waals surface area contributed by atoms with Gasteiger partial charge in [0.05, 0.1) is 5.60 Å². The van der Waals surface area contributed by atoms with Crippen LogP contribution in [0.3, 0.4) is 0 Å². The van der Waals surface area contributed by atoms with Gasteiger partial charge in [-0.05, 0) is 65.6 Å². The average Bonchev–Trinajstić information content (AvgIpc) is 2.90. The average molecular weight is 298 g/mol. The molecule has 2 heterocycles. The lowest BCUT2D eigenvalue weighted by molar-refractivity contribution is -0.110. The molecular formula is C17H34N2O2. The summed E-state index contributed by atoms with van der Waals surface area (Å²) in [5.41, 5.74) is 0.394. The minimum absolute atomic E-state index is 0.0200. The van der Waals surface area contributed by atoms with Crippen molar-refractivity contribution in [1.82, 2.24) is 10.2 Å². The Kier molecular flexibility index (Phi) is 6.48. The van der Waals surface area contributed by atoms with E-state index in [1.807, 2.05) is 0 Å². The lowest BCUT2D eigenvalue weighted by Gasteiger charge is -2.47. The van der Waals surface area contributed by atoms with Crippen LogP contribution in [0, 0.1) is 5.41 Å². The maximum atomic E-state index is 5.96. The summed E-state index contributed by atoms with van der Waals surface area (Å²) in [7, 11) is 1.77. The Morgan fingerprint density at radius 2 is 2.00 bits per heavy atom. The van der Waals surface area contributed by atoms with Gasteiger partial charge >= 0.3 is 0 Å². The Hall–Kier alpha value is -0.160. The van der Waals surface area contributed by atoms with E-state index in [1.165, 1.54) is 38.9 Å². The van der Waals surface area contributed by atoms with E-state index in [0.717, 1.165) is 39.1 Å². The van der Waals surface area contributed by atoms with Crippen LogP contribution in [0.25, 0.3) is 0 Å². The van der Waals surface area contributed by atoms with Gasteiger partial charge in [-0.2, -0.15) is 0 Å². The van der Waals surface area contributed by atoms with Crippen molar-refractivity contribution in [1.29, 1.82) is 0 Å². The molecule has 21 heavy (non-hydrogen) atoms. The van der Waals surface area contributed by atoms with Gasteiger partial charge in [0.1, 0.15) is 0 Å². The van der Waals surface area contributed by atoms with Crippen LogP contribution in [-0.2, 0) is 9.47 Å². The van der Waals surface area contributed by atoms with Gasteiger partial charge in [-0.15, -0.1) is 0 Å². The zero-order chi connectivity index (χ0) is 15.2. The van der Waals surface area contributed by atoms with Crippen molar-refractivity contribution in [3.05, 3.63) is 0 Å². The summed E-state index contributed by atoms with van der Waals surface area (Å²) in [5, 5.41) is 3.68. The number of hydrogen-bond acceptors (Lipinski definition) is 4. The van der Waals surface area contributed by atoms with Crippen molar-refractivity contribution < 1.29 is 9.47 Å². The van der Waals surface area contributed by atoms with Crippen LogP contribution in [0.15, 0.2) is 0 Å². The minimum Gasteiger partial charge on any atom is -0.385 e. The molecule has 0 amide bonds. The Labute approximate surface area is 130 Å². The molecule has 0 aliphatic carbocycles. The summed E-state index contributed by atoms with van der Waals surface area (Å²) in [5.74, 6) is 0. The molecule has 2 rings (SSSR count). The molecular weight excluding hydrogens is 264 g/mol. The maximum Gasteiger partial charge on any atom is 0.0632 e. The molecule has 0 aromatic carbocycles. The molecule has 0 bridgehead atoms. The monoisotopic (exact) mass is 298 g/mol. The number of nitrogens with one attached hydrogen (secondary N) is 1. The molecule has 2 aliphatic heterocycles. The van der Waals surface area contributed by atoms with Crippen molar-refractivity contribution >= 4 is 0 Å². The highest BCUT2D eigenvalue weighted by molar-refractivity contribution is 4.94. The summed E-state index contributed by atoms with van der Waals surface area (Å²) in [6.45, 7) is 12.2. The van der Waals surface area contributed by atoms with Crippen LogP contribution < -0.4 is 5.32 Å². The number of hydrogen-bond donors (Lipinski definition) is 1. The van der Waals surface area contributed by atoms with Crippen LogP contribution in [0.5, 0.6) is 0 Å². The first-order valence-corrected chi connectivity index (χ1v) is 8.61. The van der Waals surface area contributed by atoms with E-state index >= 15 is 0 Å². The first-order chi connectivity index (χ1) is 10.1. The minimum atomic E-state index is 0.0200. The van der Waals surface area contributed by atoms with E-state index in [9.17, 15) is 0 Å². The standard InChI is InChI=1S/C17H34N2O2/c1-16(2)13-17(7-12-21-16,14-18-8-6-11-20-3)15-19-9-4-5-10-19/h18H,4-15H2,1-3H3/t17-/m1/s1. The Morgan fingerprint density at radius 1 is 1.24 bits per heavy atom. The molecule has 1 atom stereocenters. The summed E-state index contributed by atoms with van der Waals surface area (Å²) in [6.07, 6.45) is 6.18. The molecule has 0 radical (unpaired) electrons. The van der Waals surface area contributed by atoms with E-state index in [-0.39, 0.29) is 5.60 Å². The van der Waals surface area contributed by atoms with E-state index in [4.69, 9.17) is 9.47 Å². The lowest BCUT2D eigenvalue weighted by atomic mass is 9.73. The van der Waals surface area contributed by atoms with E-state index in [2.05, 4.69) is 24.1 Å². The molecule has 2 fully saturated rings. The molecule has 0 saturated carbocycles. The second-order valence-electron chi connectivity index (χ2n) is 7.54. The SMILES string of the molecule is COCCCNC[C@@]1(CN2CCCC2)CCOC(C)(C)C1. The Morgan fingerprint density at radius 3 is 2.67 bits per heavy atom. The smallest absolute Gasteiger partial charge is 0.0632 e. The van der Waals surface area contributed by atoms with Crippen molar-refractivity contribution in [2.24, 2.45) is 5.41 Å². The molecule has 0 unspecified atom stereocenters. The summed E-state index contributed by atoms with van der Waals surface area (Å²) in [6, 6.07) is 0. The van der Waals surface area contributed by atoms with Crippen molar-refractivity contribution in [3.8, 4) is 0 Å². The zero-order valence-corrected chi connectivity index (χ0v) is 14.2. The third kappa shape index (κ3) is 5.51. The molecule has 1 N–H and O–H groups in total. The number of nitrogens with zero attached hydrogens (tertiary/aromatic N) is 1. The number of likely N-dealkylation sites (tertiary alicyclic amines) is 1. The molecule has 0 aromatic rings. The van der Waals surface area contributed by atoms with Gasteiger partial charge in [0, 0.05) is 38.8 Å². The molecule has 0 aromatic heterocycles. The van der Waals surface area contributed by atoms with Gasteiger partial charge in [0.2, 0.25) is 0 Å². The first kappa shape index (κ1) is 17.2. The van der Waals surface area contributed by atoms with Crippen molar-refractivity contribution in [2.45, 2.75) is 51.6 Å². The molecule has 0 spiro atoms. The van der Waals surface area contributed by atoms with E-state index in [0.29, 0.717) is 5.41 Å². The van der Waals surface area contributed by atoms with Crippen LogP contribution in [-0.4, -0.2) is 63.5 Å². The highest BCUT2D eigenvalue weighted by Crippen LogP contribution is 2.39. The van der Waals surface area contributed by atoms with Crippen LogP contribution in [0.4, 0.5) is 0 Å². The predicted octanol–water partition coefficient (Wildman–Crippen LogP) is 2.28. The zero-order valence-electron chi connectivity index (χ0n) is 14.2. The largest absolute Gasteiger partial charge is 0.385 e. The van der Waals surface area contributed by atoms with Crippen molar-refractivity contribution in [2.75, 3.05) is 53.0 Å². The maximum absolute atomic E-state index is 5.96. The molecule has 2 aliphatic rings. The van der Waals surface area contributed by atoms with Crippen LogP contribution in [0.2, 0.25) is 0 Å². The fraction of sp³-hybridized carbons (Fsp3) is 1.00. The molecule has 2 saturated heterocycles. The quantitative estimate of drug-likeness (QED) is 0.697. The predicted molar refractivity (Wildman–Crippen MR) is 86.7 cm³/mol. The molecule has 4 nitrogen and oxygen atoms in total. The normalized spacial score (nSPS) is 29.9. The fourth-order valence-corrected chi connectivity index (χ4v) is 4.04. The lowest BCUT2D eigenvalue weighted by Crippen LogP contribution is -2.51. The van der Waals surface area contributed by atoms with Crippen molar-refractivity contribution in [3.63, 3.8) is 0 Å². The number of methoxy groups -OCH3 is 1. The second kappa shape index (κ2) is 7.91. The van der Waals surface area contributed by atoms with Gasteiger partial charge < -0.3 is 19.7 Å². The second-order valence-corrected chi connectivity index (χ2v) is 7.54. The van der Waals surface area contributed by atoms with Gasteiger partial charge in [-0.25, -0.2) is 0 Å². The first-order valence-electron chi connectivity index (χ1n) is 8.61. The third-order valence-electron chi connectivity index (χ3n) is 4.89. The van der Waals surface area contributed by atoms with Gasteiger partial charge in [-0.3, -0.25) is 0 Å². The highest BCUT2D eigenvalue weighted by Gasteiger charge is 2.41. The highest BCUT2D eigenvalue weighted by atomic mass is 16.5. The molecule has 124 valence electrons. The van der Waals surface area contributed by atoms with Crippen LogP contribution >= 0.6 is 0 Å². The molecule has 4 heteroatoms. The number of rotatable bonds is 8. The summed E-state index contributed by atoms with van der Waals surface area (Å²) >= 11 is 0. The number of ether oxygens (including phenoxy) is 2. The Bertz CT molecular complexity index is 303. The van der Waals surface area contributed by atoms with Gasteiger partial charge in [-0.1, -0.05) is 0 Å². The van der Waals surface area contributed by atoms with Gasteiger partial charge in [0.25, 0.3) is 0 Å². The summed E-state index contributed by atoms with van der Waals surface area (Å²) < 4.78 is 11.1. The van der Waals surface area contributed by atoms with Crippen LogP contribution in [0.1, 0.15) is 46.0 Å². The third-order valence-corrected chi connectivity index (χ3v) is 4.89. The summed E-state index contributed by atoms with van der Waals surface area (Å²) in [4.78, 5) is 2.66. The topological polar surface area (TPSA) is 33.7 Å².